The monoisotopic (exact) mass is 816 g/mol. The first-order valence-corrected chi connectivity index (χ1v) is 21.1. The van der Waals surface area contributed by atoms with Crippen molar-refractivity contribution in [1.82, 2.24) is 0 Å². The van der Waals surface area contributed by atoms with Gasteiger partial charge in [0.15, 0.2) is 0 Å². The Morgan fingerprint density at radius 1 is 0.354 bits per heavy atom. The van der Waals surface area contributed by atoms with Gasteiger partial charge in [0.25, 0.3) is 40.5 Å². The molecule has 0 saturated heterocycles. The second-order valence-electron chi connectivity index (χ2n) is 9.38. The molecule has 0 atom stereocenters. The molecule has 0 amide bonds. The predicted molar refractivity (Wildman–Crippen MR) is 168 cm³/mol. The molecule has 0 saturated carbocycles. The number of rotatable bonds is 4. The van der Waals surface area contributed by atoms with Crippen LogP contribution < -0.4 is 0 Å². The molecule has 1 heterocycles. The molecule has 48 heavy (non-hydrogen) atoms. The Morgan fingerprint density at radius 3 is 0.792 bits per heavy atom. The first-order valence-electron chi connectivity index (χ1n) is 12.0. The molecule has 0 unspecified atom stereocenters. The van der Waals surface area contributed by atoms with E-state index in [4.69, 9.17) is 0 Å². The predicted octanol–water partition coefficient (Wildman–Crippen LogP) is 4.41. The molecule has 1 aliphatic rings. The maximum absolute atomic E-state index is 12.7. The van der Waals surface area contributed by atoms with Crippen LogP contribution in [-0.2, 0) is 40.5 Å². The molecule has 8 bridgehead atoms. The number of aromatic hydroxyl groups is 4. The summed E-state index contributed by atoms with van der Waals surface area (Å²) >= 11 is 1.08. The minimum atomic E-state index is -5.29. The van der Waals surface area contributed by atoms with Crippen molar-refractivity contribution in [3.05, 3.63) is 48.5 Å². The lowest BCUT2D eigenvalue weighted by molar-refractivity contribution is 0.442. The highest BCUT2D eigenvalue weighted by molar-refractivity contribution is 8.02. The molecule has 0 aliphatic carbocycles. The second kappa shape index (κ2) is 12.5. The van der Waals surface area contributed by atoms with Crippen LogP contribution in [0.3, 0.4) is 0 Å². The lowest BCUT2D eigenvalue weighted by Crippen LogP contribution is -2.04. The van der Waals surface area contributed by atoms with Gasteiger partial charge in [-0.25, -0.2) is 0 Å². The average molecular weight is 817 g/mol. The van der Waals surface area contributed by atoms with Crippen LogP contribution >= 0.6 is 47.0 Å². The number of benzene rings is 4. The Balaban J connectivity index is 1.96. The minimum absolute atomic E-state index is 0.247. The molecule has 1 aliphatic heterocycles. The van der Waals surface area contributed by atoms with E-state index in [1.807, 2.05) is 0 Å². The summed E-state index contributed by atoms with van der Waals surface area (Å²) < 4.78 is 138. The van der Waals surface area contributed by atoms with E-state index in [0.717, 1.165) is 12.1 Å². The van der Waals surface area contributed by atoms with Crippen LogP contribution in [0, 0.1) is 0 Å². The molecular formula is C24H16O16S8. The fourth-order valence-electron chi connectivity index (χ4n) is 4.03. The van der Waals surface area contributed by atoms with E-state index in [9.17, 15) is 72.3 Å². The molecule has 0 spiro atoms. The molecular weight excluding hydrogens is 801 g/mol. The third kappa shape index (κ3) is 7.48. The summed E-state index contributed by atoms with van der Waals surface area (Å²) in [6.45, 7) is 0. The van der Waals surface area contributed by atoms with E-state index in [-0.39, 0.29) is 23.5 Å². The standard InChI is InChI=1S/C24H16O16S8/c25-9-1-19-24(48(38,39)40)20(2-9)44-18-8-12(47(35,36)37)6-16(23(18)28)42-14-4-10(45(29,30)31)3-13(21(14)26)41-15-5-11(46(32,33)34)7-17(43-19)22(15)27/h1-8,25-28H,(H,29,30,31)(H,32,33,34)(H,35,36,37)(H,38,39,40). The molecule has 0 radical (unpaired) electrons. The smallest absolute Gasteiger partial charge is 0.296 e. The molecule has 0 aromatic heterocycles. The van der Waals surface area contributed by atoms with E-state index in [1.54, 1.807) is 0 Å². The highest BCUT2D eigenvalue weighted by Crippen LogP contribution is 2.53. The average Bonchev–Trinajstić information content (AvgIpc) is 2.91. The van der Waals surface area contributed by atoms with Crippen molar-refractivity contribution in [1.29, 1.82) is 0 Å². The van der Waals surface area contributed by atoms with Crippen LogP contribution in [0.4, 0.5) is 0 Å². The molecule has 4 aromatic carbocycles. The van der Waals surface area contributed by atoms with Gasteiger partial charge in [0.2, 0.25) is 0 Å². The van der Waals surface area contributed by atoms with E-state index in [1.165, 1.54) is 0 Å². The van der Waals surface area contributed by atoms with E-state index >= 15 is 0 Å². The Kier molecular flexibility index (Phi) is 9.45. The van der Waals surface area contributed by atoms with Crippen LogP contribution in [0.25, 0.3) is 0 Å². The van der Waals surface area contributed by atoms with Crippen molar-refractivity contribution in [2.75, 3.05) is 0 Å². The number of fused-ring (bicyclic) bond motifs is 8. The zero-order valence-electron chi connectivity index (χ0n) is 22.7. The Hall–Kier alpha value is -2.88. The lowest BCUT2D eigenvalue weighted by Gasteiger charge is -2.18. The van der Waals surface area contributed by atoms with Crippen molar-refractivity contribution in [2.45, 2.75) is 58.7 Å². The van der Waals surface area contributed by atoms with Crippen LogP contribution in [0.1, 0.15) is 0 Å². The van der Waals surface area contributed by atoms with Gasteiger partial charge in [0.05, 0.1) is 44.1 Å². The van der Waals surface area contributed by atoms with Crippen molar-refractivity contribution in [3.63, 3.8) is 0 Å². The Bertz CT molecular complexity index is 2360. The van der Waals surface area contributed by atoms with Crippen LogP contribution in [0.2, 0.25) is 0 Å². The van der Waals surface area contributed by atoms with Crippen LogP contribution in [0.15, 0.2) is 107 Å². The van der Waals surface area contributed by atoms with Gasteiger partial charge < -0.3 is 20.4 Å². The summed E-state index contributed by atoms with van der Waals surface area (Å²) in [4.78, 5) is -7.76. The van der Waals surface area contributed by atoms with Gasteiger partial charge in [-0.1, -0.05) is 47.0 Å². The van der Waals surface area contributed by atoms with Gasteiger partial charge in [-0.05, 0) is 48.5 Å². The Morgan fingerprint density at radius 2 is 0.583 bits per heavy atom. The first-order chi connectivity index (χ1) is 21.9. The molecule has 256 valence electrons. The topological polar surface area (TPSA) is 298 Å². The van der Waals surface area contributed by atoms with Gasteiger partial charge in [-0.15, -0.1) is 0 Å². The van der Waals surface area contributed by atoms with Gasteiger partial charge in [0.1, 0.15) is 27.9 Å². The zero-order chi connectivity index (χ0) is 35.7. The molecule has 5 rings (SSSR count). The van der Waals surface area contributed by atoms with Crippen molar-refractivity contribution in [2.24, 2.45) is 0 Å². The highest BCUT2D eigenvalue weighted by atomic mass is 32.2. The highest BCUT2D eigenvalue weighted by Gasteiger charge is 2.29. The van der Waals surface area contributed by atoms with E-state index < -0.39 is 122 Å². The quantitative estimate of drug-likeness (QED) is 0.116. The summed E-state index contributed by atoms with van der Waals surface area (Å²) in [7, 11) is -20.5. The van der Waals surface area contributed by atoms with Gasteiger partial charge in [0, 0.05) is 9.79 Å². The number of phenols is 4. The van der Waals surface area contributed by atoms with Gasteiger partial charge in [-0.3, -0.25) is 18.2 Å². The van der Waals surface area contributed by atoms with Crippen molar-refractivity contribution < 1.29 is 72.3 Å². The minimum Gasteiger partial charge on any atom is -0.508 e. The summed E-state index contributed by atoms with van der Waals surface area (Å²) in [5.74, 6) is -3.12. The van der Waals surface area contributed by atoms with Gasteiger partial charge >= 0.3 is 0 Å². The third-order valence-corrected chi connectivity index (χ3v) is 14.1. The summed E-state index contributed by atoms with van der Waals surface area (Å²) in [6, 6.07) is 5.79. The molecule has 4 aromatic rings. The fraction of sp³-hybridized carbons (Fsp3) is 0. The van der Waals surface area contributed by atoms with Gasteiger partial charge in [-0.2, -0.15) is 33.7 Å². The number of hydrogen-bond donors (Lipinski definition) is 8. The maximum atomic E-state index is 12.7. The van der Waals surface area contributed by atoms with E-state index in [0.29, 0.717) is 59.9 Å². The van der Waals surface area contributed by atoms with Crippen molar-refractivity contribution >= 4 is 87.5 Å². The Labute approximate surface area is 288 Å². The first kappa shape index (κ1) is 36.4. The normalized spacial score (nSPS) is 14.1. The van der Waals surface area contributed by atoms with Crippen LogP contribution in [-0.4, -0.2) is 72.3 Å². The third-order valence-electron chi connectivity index (χ3n) is 6.08. The molecule has 24 heteroatoms. The molecule has 0 fully saturated rings. The number of phenolic OH excluding ortho intramolecular Hbond substituents is 4. The zero-order valence-corrected chi connectivity index (χ0v) is 29.3. The molecule has 8 N–H and O–H groups in total. The summed E-state index contributed by atoms with van der Waals surface area (Å²) in [6.07, 6.45) is 0. The molecule has 16 nitrogen and oxygen atoms in total. The fourth-order valence-corrected chi connectivity index (χ4v) is 11.9. The SMILES string of the molecule is O=S(=O)(O)c1cc2c(O)c(c1)Sc1cc(S(=O)(=O)O)cc(c1O)Sc1cc(O)cc(c1S(=O)(=O)O)Sc1cc(S(=O)(=O)O)cc(c1O)S2. The maximum Gasteiger partial charge on any atom is 0.296 e. The number of hydrogen-bond acceptors (Lipinski definition) is 16. The largest absolute Gasteiger partial charge is 0.508 e. The van der Waals surface area contributed by atoms with Crippen LogP contribution in [0.5, 0.6) is 23.0 Å². The summed E-state index contributed by atoms with van der Waals surface area (Å²) in [5, 5.41) is 44.0. The van der Waals surface area contributed by atoms with E-state index in [2.05, 4.69) is 0 Å². The lowest BCUT2D eigenvalue weighted by atomic mass is 10.3. The van der Waals surface area contributed by atoms with Crippen molar-refractivity contribution in [3.8, 4) is 23.0 Å². The second-order valence-corrected chi connectivity index (χ2v) is 19.3. The summed E-state index contributed by atoms with van der Waals surface area (Å²) in [5.41, 5.74) is 0.